The molecule has 0 aliphatic carbocycles. The maximum absolute atomic E-state index is 5.31. The molecule has 0 saturated heterocycles. The molecule has 0 saturated carbocycles. The molecule has 0 bridgehead atoms. The van der Waals surface area contributed by atoms with Crippen molar-refractivity contribution in [2.24, 2.45) is 0 Å². The fourth-order valence-corrected chi connectivity index (χ4v) is 11.1. The number of fused-ring (bicyclic) bond motifs is 8. The van der Waals surface area contributed by atoms with Crippen LogP contribution in [0.15, 0.2) is 261 Å². The minimum Gasteiger partial charge on any atom is -0.309 e. The van der Waals surface area contributed by atoms with Crippen molar-refractivity contribution in [3.63, 3.8) is 0 Å². The zero-order valence-corrected chi connectivity index (χ0v) is 38.7. The van der Waals surface area contributed by atoms with E-state index in [1.807, 2.05) is 6.07 Å². The first-order valence-corrected chi connectivity index (χ1v) is 24.3. The number of rotatable bonds is 7. The summed E-state index contributed by atoms with van der Waals surface area (Å²) in [5, 5.41) is 12.3. The molecule has 0 aliphatic heterocycles. The molecule has 0 N–H and O–H groups in total. The lowest BCUT2D eigenvalue weighted by molar-refractivity contribution is 1.18. The molecule has 2 aromatic heterocycles. The summed E-state index contributed by atoms with van der Waals surface area (Å²) in [7, 11) is 0. The summed E-state index contributed by atoms with van der Waals surface area (Å²) < 4.78 is 2.36. The van der Waals surface area contributed by atoms with Gasteiger partial charge in [-0.05, 0) is 119 Å². The molecule has 0 fully saturated rings. The Morgan fingerprint density at radius 2 is 0.803 bits per heavy atom. The van der Waals surface area contributed by atoms with Crippen molar-refractivity contribution < 1.29 is 0 Å². The highest BCUT2D eigenvalue weighted by Gasteiger charge is 2.21. The standard InChI is InChI=1S/C68H43N3/c1-4-18-46(19-5-1)64-55-25-12-13-26-56(55)65(67-54-24-11-10-17-45(54)39-40-59(64)67)47-33-31-44(32-34-47)49-35-36-51-42-52(38-37-50(51)41-49)60-43-61(70-68(69-60)48-20-6-2-7-21-48)57-28-16-30-63-66(57)58-27-14-15-29-62(58)71(63)53-22-8-3-9-23-53/h1-43H. The summed E-state index contributed by atoms with van der Waals surface area (Å²) in [6.07, 6.45) is 0. The first-order chi connectivity index (χ1) is 35.2. The van der Waals surface area contributed by atoms with Gasteiger partial charge in [-0.3, -0.25) is 0 Å². The van der Waals surface area contributed by atoms with Gasteiger partial charge in [-0.1, -0.05) is 218 Å². The third kappa shape index (κ3) is 6.82. The Bertz CT molecular complexity index is 4370. The fraction of sp³-hybridized carbons (Fsp3) is 0. The van der Waals surface area contributed by atoms with Gasteiger partial charge >= 0.3 is 0 Å². The Morgan fingerprint density at radius 3 is 1.56 bits per heavy atom. The summed E-state index contributed by atoms with van der Waals surface area (Å²) in [5.41, 5.74) is 15.6. The molecular weight excluding hydrogens is 859 g/mol. The first-order valence-electron chi connectivity index (χ1n) is 24.3. The van der Waals surface area contributed by atoms with Crippen LogP contribution in [-0.2, 0) is 0 Å². The Hall–Kier alpha value is -9.44. The van der Waals surface area contributed by atoms with Gasteiger partial charge in [0.15, 0.2) is 5.82 Å². The van der Waals surface area contributed by atoms with Gasteiger partial charge in [0, 0.05) is 33.2 Å². The van der Waals surface area contributed by atoms with E-state index in [1.54, 1.807) is 0 Å². The van der Waals surface area contributed by atoms with E-state index in [0.29, 0.717) is 5.82 Å². The van der Waals surface area contributed by atoms with Gasteiger partial charge in [-0.2, -0.15) is 0 Å². The molecule has 330 valence electrons. The zero-order chi connectivity index (χ0) is 46.8. The van der Waals surface area contributed by atoms with E-state index in [2.05, 4.69) is 259 Å². The second-order valence-electron chi connectivity index (χ2n) is 18.4. The molecule has 14 rings (SSSR count). The van der Waals surface area contributed by atoms with Crippen molar-refractivity contribution in [2.75, 3.05) is 0 Å². The molecule has 12 aromatic carbocycles. The molecule has 0 unspecified atom stereocenters. The Morgan fingerprint density at radius 1 is 0.268 bits per heavy atom. The second kappa shape index (κ2) is 16.7. The molecule has 0 amide bonds. The van der Waals surface area contributed by atoms with Crippen LogP contribution in [0.5, 0.6) is 0 Å². The quantitative estimate of drug-likeness (QED) is 0.118. The van der Waals surface area contributed by atoms with Crippen LogP contribution in [0.1, 0.15) is 0 Å². The van der Waals surface area contributed by atoms with E-state index in [0.717, 1.165) is 50.2 Å². The molecule has 0 radical (unpaired) electrons. The maximum Gasteiger partial charge on any atom is 0.160 e. The van der Waals surface area contributed by atoms with E-state index in [1.165, 1.54) is 81.9 Å². The Balaban J connectivity index is 0.864. The maximum atomic E-state index is 5.31. The van der Waals surface area contributed by atoms with Crippen molar-refractivity contribution in [1.82, 2.24) is 14.5 Å². The van der Waals surface area contributed by atoms with E-state index < -0.39 is 0 Å². The van der Waals surface area contributed by atoms with Crippen molar-refractivity contribution in [3.05, 3.63) is 261 Å². The minimum atomic E-state index is 0.696. The lowest BCUT2D eigenvalue weighted by Gasteiger charge is -2.19. The van der Waals surface area contributed by atoms with Crippen LogP contribution in [0.4, 0.5) is 0 Å². The smallest absolute Gasteiger partial charge is 0.160 e. The Kier molecular flexibility index (Phi) is 9.53. The summed E-state index contributed by atoms with van der Waals surface area (Å²) in [6.45, 7) is 0. The third-order valence-electron chi connectivity index (χ3n) is 14.4. The van der Waals surface area contributed by atoms with Gasteiger partial charge < -0.3 is 4.57 Å². The minimum absolute atomic E-state index is 0.696. The largest absolute Gasteiger partial charge is 0.309 e. The molecule has 2 heterocycles. The van der Waals surface area contributed by atoms with Crippen molar-refractivity contribution >= 4 is 64.9 Å². The van der Waals surface area contributed by atoms with Gasteiger partial charge in [0.1, 0.15) is 0 Å². The van der Waals surface area contributed by atoms with Crippen LogP contribution >= 0.6 is 0 Å². The van der Waals surface area contributed by atoms with Gasteiger partial charge in [-0.15, -0.1) is 0 Å². The van der Waals surface area contributed by atoms with Crippen molar-refractivity contribution in [2.45, 2.75) is 0 Å². The van der Waals surface area contributed by atoms with Crippen molar-refractivity contribution in [3.8, 4) is 73.0 Å². The molecule has 71 heavy (non-hydrogen) atoms. The predicted octanol–water partition coefficient (Wildman–Crippen LogP) is 18.2. The van der Waals surface area contributed by atoms with E-state index >= 15 is 0 Å². The van der Waals surface area contributed by atoms with Gasteiger partial charge in [0.2, 0.25) is 0 Å². The van der Waals surface area contributed by atoms with Crippen LogP contribution in [-0.4, -0.2) is 14.5 Å². The lowest BCUT2D eigenvalue weighted by atomic mass is 9.84. The van der Waals surface area contributed by atoms with Gasteiger partial charge in [0.05, 0.1) is 22.4 Å². The number of aromatic nitrogens is 3. The van der Waals surface area contributed by atoms with E-state index in [-0.39, 0.29) is 0 Å². The van der Waals surface area contributed by atoms with Crippen molar-refractivity contribution in [1.29, 1.82) is 0 Å². The number of nitrogens with zero attached hydrogens (tertiary/aromatic N) is 3. The first kappa shape index (κ1) is 40.6. The highest BCUT2D eigenvalue weighted by Crippen LogP contribution is 2.47. The highest BCUT2D eigenvalue weighted by molar-refractivity contribution is 6.28. The monoisotopic (exact) mass is 901 g/mol. The molecule has 0 aliphatic rings. The number of hydrogen-bond donors (Lipinski definition) is 0. The molecule has 3 heteroatoms. The van der Waals surface area contributed by atoms with Crippen LogP contribution in [0.2, 0.25) is 0 Å². The van der Waals surface area contributed by atoms with Crippen LogP contribution in [0.25, 0.3) is 138 Å². The highest BCUT2D eigenvalue weighted by atomic mass is 15.0. The fourth-order valence-electron chi connectivity index (χ4n) is 11.1. The predicted molar refractivity (Wildman–Crippen MR) is 299 cm³/mol. The average Bonchev–Trinajstić information content (AvgIpc) is 3.79. The molecule has 14 aromatic rings. The number of hydrogen-bond acceptors (Lipinski definition) is 2. The van der Waals surface area contributed by atoms with Crippen LogP contribution in [0.3, 0.4) is 0 Å². The molecule has 3 nitrogen and oxygen atoms in total. The van der Waals surface area contributed by atoms with Gasteiger partial charge in [-0.25, -0.2) is 9.97 Å². The van der Waals surface area contributed by atoms with E-state index in [4.69, 9.17) is 9.97 Å². The molecule has 0 spiro atoms. The number of para-hydroxylation sites is 2. The normalized spacial score (nSPS) is 11.7. The second-order valence-corrected chi connectivity index (χ2v) is 18.4. The molecular formula is C68H43N3. The van der Waals surface area contributed by atoms with Crippen LogP contribution in [0, 0.1) is 0 Å². The summed E-state index contributed by atoms with van der Waals surface area (Å²) >= 11 is 0. The lowest BCUT2D eigenvalue weighted by Crippen LogP contribution is -1.97. The topological polar surface area (TPSA) is 30.7 Å². The summed E-state index contributed by atoms with van der Waals surface area (Å²) in [4.78, 5) is 10.6. The summed E-state index contributed by atoms with van der Waals surface area (Å²) in [5.74, 6) is 0.696. The van der Waals surface area contributed by atoms with Crippen LogP contribution < -0.4 is 0 Å². The molecule has 0 atom stereocenters. The SMILES string of the molecule is c1ccc(-c2nc(-c3ccc4cc(-c5ccc(-c6c7ccccc7c(-c7ccccc7)c7ccc8ccccc8c67)cc5)ccc4c3)cc(-c3cccc4c3c3ccccc3n4-c3ccccc3)n2)cc1. The number of benzene rings is 12. The Labute approximate surface area is 411 Å². The average molecular weight is 902 g/mol. The zero-order valence-electron chi connectivity index (χ0n) is 38.7. The third-order valence-corrected chi connectivity index (χ3v) is 14.4. The summed E-state index contributed by atoms with van der Waals surface area (Å²) in [6, 6.07) is 94.2. The van der Waals surface area contributed by atoms with Gasteiger partial charge in [0.25, 0.3) is 0 Å². The van der Waals surface area contributed by atoms with E-state index in [9.17, 15) is 0 Å².